The number of hydrogen-bond donors (Lipinski definition) is 2. The van der Waals surface area contributed by atoms with Gasteiger partial charge in [0.05, 0.1) is 42.3 Å². The van der Waals surface area contributed by atoms with E-state index in [-0.39, 0.29) is 12.1 Å². The number of anilines is 3. The van der Waals surface area contributed by atoms with Gasteiger partial charge in [0.2, 0.25) is 21.9 Å². The zero-order valence-electron chi connectivity index (χ0n) is 21.3. The summed E-state index contributed by atoms with van der Waals surface area (Å²) in [5, 5.41) is 13.2. The van der Waals surface area contributed by atoms with Crippen molar-refractivity contribution in [1.82, 2.24) is 19.9 Å². The minimum absolute atomic E-state index is 0.0664. The number of morpholine rings is 1. The normalized spacial score (nSPS) is 20.1. The number of nitriles is 1. The van der Waals surface area contributed by atoms with E-state index in [0.29, 0.717) is 47.3 Å². The number of aryl methyl sites for hydroxylation is 1. The zero-order valence-corrected chi connectivity index (χ0v) is 22.2. The molecular formula is C25H30N8O4S. The largest absolute Gasteiger partial charge is 0.474 e. The first-order valence-corrected chi connectivity index (χ1v) is 14.4. The minimum atomic E-state index is -3.46. The average molecular weight is 539 g/mol. The van der Waals surface area contributed by atoms with Gasteiger partial charge in [0.25, 0.3) is 0 Å². The Labute approximate surface area is 221 Å². The maximum Gasteiger partial charge on any atom is 0.229 e. The van der Waals surface area contributed by atoms with Crippen LogP contribution in [0.4, 0.5) is 17.5 Å². The third-order valence-corrected chi connectivity index (χ3v) is 7.13. The highest BCUT2D eigenvalue weighted by Gasteiger charge is 2.25. The van der Waals surface area contributed by atoms with Crippen LogP contribution in [-0.2, 0) is 14.8 Å². The molecule has 12 nitrogen and oxygen atoms in total. The summed E-state index contributed by atoms with van der Waals surface area (Å²) >= 11 is 0. The van der Waals surface area contributed by atoms with Gasteiger partial charge in [-0.25, -0.2) is 18.4 Å². The summed E-state index contributed by atoms with van der Waals surface area (Å²) in [5.41, 5.74) is 2.12. The molecule has 0 unspecified atom stereocenters. The molecule has 5 rings (SSSR count). The molecule has 1 saturated heterocycles. The van der Waals surface area contributed by atoms with Crippen molar-refractivity contribution in [3.05, 3.63) is 35.8 Å². The van der Waals surface area contributed by atoms with Gasteiger partial charge in [-0.2, -0.15) is 10.2 Å². The van der Waals surface area contributed by atoms with E-state index in [9.17, 15) is 13.7 Å². The van der Waals surface area contributed by atoms with Crippen LogP contribution in [0.15, 0.2) is 24.4 Å². The van der Waals surface area contributed by atoms with E-state index in [1.54, 1.807) is 12.1 Å². The van der Waals surface area contributed by atoms with Gasteiger partial charge in [-0.3, -0.25) is 9.71 Å². The van der Waals surface area contributed by atoms with Crippen molar-refractivity contribution in [2.24, 2.45) is 0 Å². The number of fused-ring (bicyclic) bond motifs is 1. The van der Waals surface area contributed by atoms with Gasteiger partial charge >= 0.3 is 0 Å². The Hall–Kier alpha value is -3.76. The third-order valence-electron chi connectivity index (χ3n) is 6.52. The molecule has 1 aliphatic heterocycles. The van der Waals surface area contributed by atoms with Gasteiger partial charge in [-0.1, -0.05) is 0 Å². The predicted molar refractivity (Wildman–Crippen MR) is 143 cm³/mol. The summed E-state index contributed by atoms with van der Waals surface area (Å²) in [4.78, 5) is 20.1. The maximum absolute atomic E-state index is 11.8. The second-order valence-corrected chi connectivity index (χ2v) is 11.4. The van der Waals surface area contributed by atoms with Crippen LogP contribution < -0.4 is 19.7 Å². The summed E-state index contributed by atoms with van der Waals surface area (Å²) in [5.74, 6) is 1.66. The van der Waals surface area contributed by atoms with Crippen LogP contribution in [-0.4, -0.2) is 73.1 Å². The molecule has 0 atom stereocenters. The van der Waals surface area contributed by atoms with Crippen LogP contribution >= 0.6 is 0 Å². The smallest absolute Gasteiger partial charge is 0.229 e. The summed E-state index contributed by atoms with van der Waals surface area (Å²) < 4.78 is 38.0. The summed E-state index contributed by atoms with van der Waals surface area (Å²) in [6, 6.07) is 7.50. The average Bonchev–Trinajstić information content (AvgIpc) is 2.89. The lowest BCUT2D eigenvalue weighted by molar-refractivity contribution is 0.122. The molecule has 0 amide bonds. The lowest BCUT2D eigenvalue weighted by atomic mass is 9.93. The highest BCUT2D eigenvalue weighted by atomic mass is 32.2. The van der Waals surface area contributed by atoms with Gasteiger partial charge in [0.1, 0.15) is 23.7 Å². The van der Waals surface area contributed by atoms with Crippen LogP contribution in [0.1, 0.15) is 37.1 Å². The highest BCUT2D eigenvalue weighted by molar-refractivity contribution is 7.92. The number of sulfonamides is 1. The van der Waals surface area contributed by atoms with E-state index >= 15 is 0 Å². The van der Waals surface area contributed by atoms with Gasteiger partial charge in [-0.05, 0) is 44.7 Å². The number of ether oxygens (including phenoxy) is 2. The fraction of sp³-hybridized carbons (Fsp3) is 0.480. The number of aromatic nitrogens is 4. The highest BCUT2D eigenvalue weighted by Crippen LogP contribution is 2.33. The fourth-order valence-electron chi connectivity index (χ4n) is 4.75. The van der Waals surface area contributed by atoms with E-state index in [0.717, 1.165) is 56.5 Å². The van der Waals surface area contributed by atoms with E-state index in [1.807, 2.05) is 13.0 Å². The Morgan fingerprint density at radius 1 is 1.11 bits per heavy atom. The Morgan fingerprint density at radius 2 is 1.87 bits per heavy atom. The first kappa shape index (κ1) is 25.9. The van der Waals surface area contributed by atoms with Crippen LogP contribution in [0, 0.1) is 18.3 Å². The number of rotatable bonds is 7. The molecule has 2 fully saturated rings. The first-order chi connectivity index (χ1) is 18.3. The standard InChI is InChI=1S/C25H30N8O4S/c1-16-11-18(14-26)30-25(28-16)29-17-3-5-20(6-4-17)37-24-21-12-19(32-38(2,34)35)15-27-22(21)13-23(31-24)33-7-9-36-10-8-33/h11-13,15,17,20,32H,3-10H2,1-2H3,(H,28,29,30). The topological polar surface area (TPSA) is 155 Å². The molecule has 0 radical (unpaired) electrons. The Kier molecular flexibility index (Phi) is 7.44. The van der Waals surface area contributed by atoms with Crippen molar-refractivity contribution in [2.75, 3.05) is 47.5 Å². The Morgan fingerprint density at radius 3 is 2.58 bits per heavy atom. The fourth-order valence-corrected chi connectivity index (χ4v) is 5.29. The molecule has 1 aliphatic carbocycles. The van der Waals surface area contributed by atoms with E-state index in [2.05, 4.69) is 36.0 Å². The molecule has 1 saturated carbocycles. The lowest BCUT2D eigenvalue weighted by Crippen LogP contribution is -2.37. The van der Waals surface area contributed by atoms with Crippen LogP contribution in [0.3, 0.4) is 0 Å². The molecule has 0 spiro atoms. The van der Waals surface area contributed by atoms with E-state index in [1.165, 1.54) is 6.20 Å². The first-order valence-electron chi connectivity index (χ1n) is 12.6. The van der Waals surface area contributed by atoms with Gasteiger partial charge in [0.15, 0.2) is 0 Å². The van der Waals surface area contributed by atoms with Crippen molar-refractivity contribution in [3.8, 4) is 11.9 Å². The molecule has 2 aliphatic rings. The molecule has 2 N–H and O–H groups in total. The third kappa shape index (κ3) is 6.38. The van der Waals surface area contributed by atoms with Crippen LogP contribution in [0.2, 0.25) is 0 Å². The van der Waals surface area contributed by atoms with E-state index < -0.39 is 10.0 Å². The monoisotopic (exact) mass is 538 g/mol. The summed E-state index contributed by atoms with van der Waals surface area (Å²) in [7, 11) is -3.46. The van der Waals surface area contributed by atoms with Gasteiger partial charge in [-0.15, -0.1) is 0 Å². The molecule has 4 heterocycles. The molecule has 0 aromatic carbocycles. The summed E-state index contributed by atoms with van der Waals surface area (Å²) in [6.45, 7) is 4.52. The molecule has 200 valence electrons. The van der Waals surface area contributed by atoms with Crippen molar-refractivity contribution < 1.29 is 17.9 Å². The Balaban J connectivity index is 1.34. The molecule has 13 heteroatoms. The maximum atomic E-state index is 11.8. The second-order valence-electron chi connectivity index (χ2n) is 9.62. The number of pyridine rings is 2. The van der Waals surface area contributed by atoms with Crippen molar-refractivity contribution >= 4 is 38.4 Å². The van der Waals surface area contributed by atoms with Crippen molar-refractivity contribution in [1.29, 1.82) is 5.26 Å². The molecule has 38 heavy (non-hydrogen) atoms. The predicted octanol–water partition coefficient (Wildman–Crippen LogP) is 2.61. The molecular weight excluding hydrogens is 508 g/mol. The zero-order chi connectivity index (χ0) is 26.7. The van der Waals surface area contributed by atoms with Gasteiger partial charge in [0, 0.05) is 30.9 Å². The SMILES string of the molecule is Cc1cc(C#N)nc(NC2CCC(Oc3nc(N4CCOCC4)cc4ncc(NS(C)(=O)=O)cc34)CC2)n1. The van der Waals surface area contributed by atoms with Crippen molar-refractivity contribution in [3.63, 3.8) is 0 Å². The van der Waals surface area contributed by atoms with E-state index in [4.69, 9.17) is 14.5 Å². The number of nitrogens with zero attached hydrogens (tertiary/aromatic N) is 6. The van der Waals surface area contributed by atoms with Crippen LogP contribution in [0.5, 0.6) is 5.88 Å². The quantitative estimate of drug-likeness (QED) is 0.456. The molecule has 3 aromatic heterocycles. The van der Waals surface area contributed by atoms with Crippen molar-refractivity contribution in [2.45, 2.75) is 44.8 Å². The summed E-state index contributed by atoms with van der Waals surface area (Å²) in [6.07, 6.45) is 5.78. The second kappa shape index (κ2) is 10.9. The number of nitrogens with one attached hydrogen (secondary N) is 2. The minimum Gasteiger partial charge on any atom is -0.474 e. The molecule has 3 aromatic rings. The van der Waals surface area contributed by atoms with Gasteiger partial charge < -0.3 is 19.7 Å². The van der Waals surface area contributed by atoms with Crippen LogP contribution in [0.25, 0.3) is 10.9 Å². The number of hydrogen-bond acceptors (Lipinski definition) is 11. The Bertz CT molecular complexity index is 1460. The molecule has 0 bridgehead atoms. The lowest BCUT2D eigenvalue weighted by Gasteiger charge is -2.31.